The number of hydrogen-bond donors (Lipinski definition) is 2. The molecule has 32 heavy (non-hydrogen) atoms. The molecule has 1 aliphatic heterocycles. The predicted molar refractivity (Wildman–Crippen MR) is 116 cm³/mol. The molecular weight excluding hydrogens is 436 g/mol. The highest BCUT2D eigenvalue weighted by atomic mass is 32.2. The molecule has 164 valence electrons. The number of esters is 1. The van der Waals surface area contributed by atoms with Crippen LogP contribution in [0.1, 0.15) is 16.8 Å². The highest BCUT2D eigenvalue weighted by Crippen LogP contribution is 2.34. The number of nitrogens with zero attached hydrogens (tertiary/aromatic N) is 1. The largest absolute Gasteiger partial charge is 0.478 e. The predicted octanol–water partition coefficient (Wildman–Crippen LogP) is 2.48. The van der Waals surface area contributed by atoms with Crippen molar-refractivity contribution in [2.24, 2.45) is 0 Å². The molecule has 1 saturated heterocycles. The van der Waals surface area contributed by atoms with Crippen molar-refractivity contribution in [1.29, 1.82) is 0 Å². The van der Waals surface area contributed by atoms with Crippen LogP contribution in [0.3, 0.4) is 0 Å². The SMILES string of the molecule is COC(=O)c1ccc(N2C(=O)CC(Sc3ccc(NC(=O)/C=C/C(=O)O)cc3)C2=O)cc1. The Kier molecular flexibility index (Phi) is 7.06. The Morgan fingerprint density at radius 2 is 1.72 bits per heavy atom. The molecule has 10 heteroatoms. The average molecular weight is 454 g/mol. The highest BCUT2D eigenvalue weighted by Gasteiger charge is 2.40. The Labute approximate surface area is 187 Å². The minimum atomic E-state index is -1.23. The smallest absolute Gasteiger partial charge is 0.337 e. The van der Waals surface area contributed by atoms with E-state index < -0.39 is 23.1 Å². The summed E-state index contributed by atoms with van der Waals surface area (Å²) in [6, 6.07) is 12.6. The minimum absolute atomic E-state index is 0.0285. The molecule has 1 aliphatic rings. The van der Waals surface area contributed by atoms with Gasteiger partial charge < -0.3 is 15.2 Å². The van der Waals surface area contributed by atoms with E-state index in [0.717, 1.165) is 21.9 Å². The van der Waals surface area contributed by atoms with Crippen molar-refractivity contribution >= 4 is 52.8 Å². The maximum Gasteiger partial charge on any atom is 0.337 e. The summed E-state index contributed by atoms with van der Waals surface area (Å²) in [5, 5.41) is 10.4. The summed E-state index contributed by atoms with van der Waals surface area (Å²) in [5.74, 6) is -3.02. The molecule has 9 nitrogen and oxygen atoms in total. The molecule has 2 aromatic rings. The number of nitrogens with one attached hydrogen (secondary N) is 1. The molecule has 2 N–H and O–H groups in total. The lowest BCUT2D eigenvalue weighted by molar-refractivity contribution is -0.131. The lowest BCUT2D eigenvalue weighted by atomic mass is 10.2. The van der Waals surface area contributed by atoms with E-state index in [2.05, 4.69) is 10.1 Å². The Balaban J connectivity index is 1.64. The first-order valence-electron chi connectivity index (χ1n) is 9.32. The van der Waals surface area contributed by atoms with Crippen molar-refractivity contribution in [1.82, 2.24) is 0 Å². The van der Waals surface area contributed by atoms with Crippen LogP contribution >= 0.6 is 11.8 Å². The molecule has 2 aromatic carbocycles. The third-order valence-electron chi connectivity index (χ3n) is 4.43. The van der Waals surface area contributed by atoms with Gasteiger partial charge in [0.05, 0.1) is 23.6 Å². The third-order valence-corrected chi connectivity index (χ3v) is 5.63. The molecule has 1 heterocycles. The summed E-state index contributed by atoms with van der Waals surface area (Å²) >= 11 is 1.22. The number of benzene rings is 2. The number of carbonyl (C=O) groups is 5. The van der Waals surface area contributed by atoms with E-state index in [0.29, 0.717) is 16.9 Å². The average Bonchev–Trinajstić information content (AvgIpc) is 3.06. The highest BCUT2D eigenvalue weighted by molar-refractivity contribution is 8.00. The molecule has 0 bridgehead atoms. The van der Waals surface area contributed by atoms with Gasteiger partial charge in [0.15, 0.2) is 0 Å². The van der Waals surface area contributed by atoms with Gasteiger partial charge in [-0.1, -0.05) is 0 Å². The van der Waals surface area contributed by atoms with E-state index >= 15 is 0 Å². The third kappa shape index (κ3) is 5.41. The van der Waals surface area contributed by atoms with Gasteiger partial charge in [0.25, 0.3) is 0 Å². The number of hydrogen-bond acceptors (Lipinski definition) is 7. The van der Waals surface area contributed by atoms with E-state index in [1.54, 1.807) is 24.3 Å². The zero-order valence-electron chi connectivity index (χ0n) is 16.8. The number of anilines is 2. The summed E-state index contributed by atoms with van der Waals surface area (Å²) in [7, 11) is 1.27. The zero-order chi connectivity index (χ0) is 23.3. The first kappa shape index (κ1) is 22.8. The van der Waals surface area contributed by atoms with Crippen LogP contribution in [0.15, 0.2) is 65.6 Å². The van der Waals surface area contributed by atoms with Crippen LogP contribution in [0.2, 0.25) is 0 Å². The van der Waals surface area contributed by atoms with Crippen LogP contribution in [-0.4, -0.2) is 47.1 Å². The van der Waals surface area contributed by atoms with Gasteiger partial charge in [0.2, 0.25) is 17.7 Å². The summed E-state index contributed by atoms with van der Waals surface area (Å²) in [5.41, 5.74) is 1.14. The van der Waals surface area contributed by atoms with E-state index in [1.807, 2.05) is 0 Å². The fraction of sp³-hybridized carbons (Fsp3) is 0.136. The molecule has 1 atom stereocenters. The molecule has 0 aromatic heterocycles. The zero-order valence-corrected chi connectivity index (χ0v) is 17.6. The Bertz CT molecular complexity index is 1090. The fourth-order valence-corrected chi connectivity index (χ4v) is 4.00. The van der Waals surface area contributed by atoms with E-state index in [-0.39, 0.29) is 18.2 Å². The molecule has 1 unspecified atom stereocenters. The lowest BCUT2D eigenvalue weighted by Gasteiger charge is -2.15. The Morgan fingerprint density at radius 3 is 2.31 bits per heavy atom. The van der Waals surface area contributed by atoms with Crippen molar-refractivity contribution < 1.29 is 33.8 Å². The number of methoxy groups -OCH3 is 1. The second-order valence-electron chi connectivity index (χ2n) is 6.60. The minimum Gasteiger partial charge on any atom is -0.478 e. The van der Waals surface area contributed by atoms with Gasteiger partial charge in [-0.2, -0.15) is 0 Å². The van der Waals surface area contributed by atoms with E-state index in [1.165, 1.54) is 43.1 Å². The van der Waals surface area contributed by atoms with Crippen molar-refractivity contribution in [3.63, 3.8) is 0 Å². The number of carboxylic acid groups (broad SMARTS) is 1. The van der Waals surface area contributed by atoms with Gasteiger partial charge >= 0.3 is 11.9 Å². The van der Waals surface area contributed by atoms with Crippen molar-refractivity contribution in [2.75, 3.05) is 17.3 Å². The summed E-state index contributed by atoms with van der Waals surface area (Å²) in [4.78, 5) is 60.7. The Hall–Kier alpha value is -3.92. The van der Waals surface area contributed by atoms with Crippen LogP contribution < -0.4 is 10.2 Å². The van der Waals surface area contributed by atoms with Crippen LogP contribution in [0.5, 0.6) is 0 Å². The topological polar surface area (TPSA) is 130 Å². The van der Waals surface area contributed by atoms with Crippen molar-refractivity contribution in [3.05, 3.63) is 66.2 Å². The number of imide groups is 1. The number of aliphatic carboxylic acids is 1. The molecule has 1 fully saturated rings. The molecule has 0 spiro atoms. The van der Waals surface area contributed by atoms with Gasteiger partial charge in [-0.3, -0.25) is 14.4 Å². The van der Waals surface area contributed by atoms with Crippen LogP contribution in [0.25, 0.3) is 0 Å². The van der Waals surface area contributed by atoms with E-state index in [4.69, 9.17) is 5.11 Å². The monoisotopic (exact) mass is 454 g/mol. The first-order chi connectivity index (χ1) is 15.3. The number of rotatable bonds is 7. The molecule has 3 amide bonds. The summed E-state index contributed by atoms with van der Waals surface area (Å²) in [6.07, 6.45) is 1.66. The first-order valence-corrected chi connectivity index (χ1v) is 10.2. The van der Waals surface area contributed by atoms with Crippen molar-refractivity contribution in [2.45, 2.75) is 16.6 Å². The Morgan fingerprint density at radius 1 is 1.06 bits per heavy atom. The van der Waals surface area contributed by atoms with Gasteiger partial charge in [0.1, 0.15) is 0 Å². The number of ether oxygens (including phenoxy) is 1. The van der Waals surface area contributed by atoms with Gasteiger partial charge in [-0.15, -0.1) is 11.8 Å². The molecule has 3 rings (SSSR count). The summed E-state index contributed by atoms with van der Waals surface area (Å²) in [6.45, 7) is 0. The van der Waals surface area contributed by atoms with Gasteiger partial charge in [-0.25, -0.2) is 14.5 Å². The fourth-order valence-electron chi connectivity index (χ4n) is 2.94. The molecule has 0 radical (unpaired) electrons. The maximum atomic E-state index is 12.8. The number of carbonyl (C=O) groups excluding carboxylic acids is 4. The second kappa shape index (κ2) is 9.92. The second-order valence-corrected chi connectivity index (χ2v) is 7.88. The quantitative estimate of drug-likeness (QED) is 0.371. The molecule has 0 saturated carbocycles. The summed E-state index contributed by atoms with van der Waals surface area (Å²) < 4.78 is 4.64. The standard InChI is InChI=1S/C22H18N2O7S/c1-31-22(30)13-2-6-15(7-3-13)24-19(26)12-17(21(24)29)32-16-8-4-14(5-9-16)23-18(25)10-11-20(27)28/h2-11,17H,12H2,1H3,(H,23,25)(H,27,28)/b11-10+. The van der Waals surface area contributed by atoms with Gasteiger partial charge in [0, 0.05) is 29.2 Å². The molecule has 0 aliphatic carbocycles. The number of carboxylic acids is 1. The van der Waals surface area contributed by atoms with E-state index in [9.17, 15) is 24.0 Å². The van der Waals surface area contributed by atoms with Crippen LogP contribution in [-0.2, 0) is 23.9 Å². The normalized spacial score (nSPS) is 15.8. The number of thioether (sulfide) groups is 1. The lowest BCUT2D eigenvalue weighted by Crippen LogP contribution is -2.31. The van der Waals surface area contributed by atoms with Crippen molar-refractivity contribution in [3.8, 4) is 0 Å². The van der Waals surface area contributed by atoms with Gasteiger partial charge in [-0.05, 0) is 48.5 Å². The van der Waals surface area contributed by atoms with Crippen LogP contribution in [0.4, 0.5) is 11.4 Å². The number of amides is 3. The molecular formula is C22H18N2O7S. The van der Waals surface area contributed by atoms with Crippen LogP contribution in [0, 0.1) is 0 Å². The maximum absolute atomic E-state index is 12.8.